The molecule has 8 heteroatoms. The number of hydrogen-bond donors (Lipinski definition) is 6. The molecule has 0 fully saturated rings. The SMILES string of the molecule is O=C(NCCCCCCNC(=O)NC[C@@H](O)c1ccccc1)NC[C@@H](O)c1ccccc1. The fourth-order valence-corrected chi connectivity index (χ4v) is 3.10. The Hall–Kier alpha value is -3.10. The van der Waals surface area contributed by atoms with Crippen LogP contribution in [0.25, 0.3) is 0 Å². The zero-order valence-electron chi connectivity index (χ0n) is 18.3. The van der Waals surface area contributed by atoms with E-state index in [4.69, 9.17) is 0 Å². The molecular formula is C24H34N4O4. The largest absolute Gasteiger partial charge is 0.387 e. The second-order valence-corrected chi connectivity index (χ2v) is 7.54. The van der Waals surface area contributed by atoms with Crippen molar-refractivity contribution >= 4 is 12.1 Å². The van der Waals surface area contributed by atoms with Crippen molar-refractivity contribution in [1.29, 1.82) is 0 Å². The van der Waals surface area contributed by atoms with Crippen molar-refractivity contribution in [2.24, 2.45) is 0 Å². The van der Waals surface area contributed by atoms with E-state index in [1.807, 2.05) is 60.7 Å². The van der Waals surface area contributed by atoms with Gasteiger partial charge in [0.15, 0.2) is 0 Å². The highest BCUT2D eigenvalue weighted by Crippen LogP contribution is 2.11. The van der Waals surface area contributed by atoms with Gasteiger partial charge in [-0.05, 0) is 24.0 Å². The predicted molar refractivity (Wildman–Crippen MR) is 124 cm³/mol. The van der Waals surface area contributed by atoms with Crippen LogP contribution in [0, 0.1) is 0 Å². The molecule has 6 N–H and O–H groups in total. The average Bonchev–Trinajstić information content (AvgIpc) is 2.83. The van der Waals surface area contributed by atoms with Crippen LogP contribution in [-0.2, 0) is 0 Å². The van der Waals surface area contributed by atoms with Crippen molar-refractivity contribution in [2.45, 2.75) is 37.9 Å². The lowest BCUT2D eigenvalue weighted by Gasteiger charge is -2.13. The molecular weight excluding hydrogens is 408 g/mol. The molecule has 2 aromatic rings. The van der Waals surface area contributed by atoms with E-state index in [1.54, 1.807) is 0 Å². The third-order valence-corrected chi connectivity index (χ3v) is 4.96. The Kier molecular flexibility index (Phi) is 11.7. The summed E-state index contributed by atoms with van der Waals surface area (Å²) in [6, 6.07) is 17.8. The van der Waals surface area contributed by atoms with Crippen LogP contribution < -0.4 is 21.3 Å². The third-order valence-electron chi connectivity index (χ3n) is 4.96. The van der Waals surface area contributed by atoms with Crippen molar-refractivity contribution in [3.63, 3.8) is 0 Å². The highest BCUT2D eigenvalue weighted by atomic mass is 16.3. The van der Waals surface area contributed by atoms with Crippen LogP contribution in [0.15, 0.2) is 60.7 Å². The Morgan fingerprint density at radius 3 is 1.34 bits per heavy atom. The van der Waals surface area contributed by atoms with Gasteiger partial charge >= 0.3 is 12.1 Å². The number of carbonyl (C=O) groups excluding carboxylic acids is 2. The molecule has 0 aliphatic heterocycles. The van der Waals surface area contributed by atoms with Crippen LogP contribution >= 0.6 is 0 Å². The minimum atomic E-state index is -0.728. The van der Waals surface area contributed by atoms with Gasteiger partial charge in [-0.15, -0.1) is 0 Å². The first-order chi connectivity index (χ1) is 15.6. The molecule has 0 radical (unpaired) electrons. The molecule has 2 rings (SSSR count). The van der Waals surface area contributed by atoms with Gasteiger partial charge in [0.2, 0.25) is 0 Å². The van der Waals surface area contributed by atoms with Gasteiger partial charge < -0.3 is 31.5 Å². The summed E-state index contributed by atoms with van der Waals surface area (Å²) >= 11 is 0. The maximum Gasteiger partial charge on any atom is 0.314 e. The fraction of sp³-hybridized carbons (Fsp3) is 0.417. The maximum absolute atomic E-state index is 11.8. The van der Waals surface area contributed by atoms with Crippen LogP contribution in [-0.4, -0.2) is 48.5 Å². The number of aliphatic hydroxyl groups excluding tert-OH is 2. The first kappa shape index (κ1) is 25.2. The first-order valence-electron chi connectivity index (χ1n) is 11.1. The molecule has 0 saturated carbocycles. The quantitative estimate of drug-likeness (QED) is 0.267. The zero-order chi connectivity index (χ0) is 23.0. The topological polar surface area (TPSA) is 123 Å². The number of carbonyl (C=O) groups is 2. The Morgan fingerprint density at radius 2 is 0.969 bits per heavy atom. The van der Waals surface area contributed by atoms with E-state index in [0.717, 1.165) is 36.8 Å². The van der Waals surface area contributed by atoms with E-state index in [-0.39, 0.29) is 25.2 Å². The van der Waals surface area contributed by atoms with Gasteiger partial charge in [0, 0.05) is 26.2 Å². The van der Waals surface area contributed by atoms with Gasteiger partial charge in [-0.2, -0.15) is 0 Å². The lowest BCUT2D eigenvalue weighted by molar-refractivity contribution is 0.173. The second kappa shape index (κ2) is 14.8. The van der Waals surface area contributed by atoms with Crippen LogP contribution in [0.4, 0.5) is 9.59 Å². The number of urea groups is 2. The van der Waals surface area contributed by atoms with E-state index >= 15 is 0 Å². The highest BCUT2D eigenvalue weighted by molar-refractivity contribution is 5.74. The second-order valence-electron chi connectivity index (χ2n) is 7.54. The summed E-state index contributed by atoms with van der Waals surface area (Å²) in [7, 11) is 0. The Morgan fingerprint density at radius 1 is 0.594 bits per heavy atom. The summed E-state index contributed by atoms with van der Waals surface area (Å²) in [4.78, 5) is 23.6. The zero-order valence-corrected chi connectivity index (χ0v) is 18.3. The molecule has 0 bridgehead atoms. The molecule has 0 saturated heterocycles. The molecule has 174 valence electrons. The minimum Gasteiger partial charge on any atom is -0.387 e. The van der Waals surface area contributed by atoms with Crippen LogP contribution in [0.1, 0.15) is 49.0 Å². The van der Waals surface area contributed by atoms with Gasteiger partial charge in [0.05, 0.1) is 12.2 Å². The maximum atomic E-state index is 11.8. The van der Waals surface area contributed by atoms with Crippen molar-refractivity contribution in [3.8, 4) is 0 Å². The van der Waals surface area contributed by atoms with Crippen molar-refractivity contribution in [3.05, 3.63) is 71.8 Å². The van der Waals surface area contributed by atoms with Gasteiger partial charge in [-0.1, -0.05) is 73.5 Å². The van der Waals surface area contributed by atoms with Crippen molar-refractivity contribution < 1.29 is 19.8 Å². The first-order valence-corrected chi connectivity index (χ1v) is 11.1. The monoisotopic (exact) mass is 442 g/mol. The van der Waals surface area contributed by atoms with Gasteiger partial charge in [0.1, 0.15) is 0 Å². The van der Waals surface area contributed by atoms with E-state index in [0.29, 0.717) is 13.1 Å². The van der Waals surface area contributed by atoms with Crippen LogP contribution in [0.3, 0.4) is 0 Å². The van der Waals surface area contributed by atoms with Crippen LogP contribution in [0.2, 0.25) is 0 Å². The standard InChI is InChI=1S/C24H34N4O4/c29-21(19-11-5-3-6-12-19)17-27-23(31)25-15-9-1-2-10-16-26-24(32)28-18-22(30)20-13-7-4-8-14-20/h3-8,11-14,21-22,29-30H,1-2,9-10,15-18H2,(H2,25,27,31)(H2,26,28,32)/t21-,22-/m1/s1. The smallest absolute Gasteiger partial charge is 0.314 e. The minimum absolute atomic E-state index is 0.159. The lowest BCUT2D eigenvalue weighted by Crippen LogP contribution is -2.38. The summed E-state index contributed by atoms with van der Waals surface area (Å²) < 4.78 is 0. The Labute approximate surface area is 189 Å². The Bertz CT molecular complexity index is 722. The molecule has 0 aliphatic carbocycles. The molecule has 0 aromatic heterocycles. The number of amides is 4. The molecule has 4 amide bonds. The number of aliphatic hydroxyl groups is 2. The number of hydrogen-bond acceptors (Lipinski definition) is 4. The fourth-order valence-electron chi connectivity index (χ4n) is 3.10. The summed E-state index contributed by atoms with van der Waals surface area (Å²) in [5.41, 5.74) is 1.53. The lowest BCUT2D eigenvalue weighted by atomic mass is 10.1. The summed E-state index contributed by atoms with van der Waals surface area (Å²) in [5, 5.41) is 30.9. The molecule has 0 unspecified atom stereocenters. The Balaban J connectivity index is 1.41. The molecule has 2 atom stereocenters. The van der Waals surface area contributed by atoms with E-state index < -0.39 is 12.2 Å². The number of rotatable bonds is 13. The van der Waals surface area contributed by atoms with Crippen molar-refractivity contribution in [2.75, 3.05) is 26.2 Å². The van der Waals surface area contributed by atoms with Crippen molar-refractivity contribution in [1.82, 2.24) is 21.3 Å². The number of benzene rings is 2. The van der Waals surface area contributed by atoms with E-state index in [1.165, 1.54) is 0 Å². The predicted octanol–water partition coefficient (Wildman–Crippen LogP) is 2.61. The molecule has 32 heavy (non-hydrogen) atoms. The van der Waals surface area contributed by atoms with E-state index in [2.05, 4.69) is 21.3 Å². The molecule has 2 aromatic carbocycles. The number of nitrogens with one attached hydrogen (secondary N) is 4. The summed E-state index contributed by atoms with van der Waals surface area (Å²) in [6.07, 6.45) is 2.08. The summed E-state index contributed by atoms with van der Waals surface area (Å²) in [5.74, 6) is 0. The third kappa shape index (κ3) is 10.3. The summed E-state index contributed by atoms with van der Waals surface area (Å²) in [6.45, 7) is 1.43. The van der Waals surface area contributed by atoms with Gasteiger partial charge in [0.25, 0.3) is 0 Å². The molecule has 0 aliphatic rings. The van der Waals surface area contributed by atoms with Crippen LogP contribution in [0.5, 0.6) is 0 Å². The van der Waals surface area contributed by atoms with Gasteiger partial charge in [-0.3, -0.25) is 0 Å². The molecule has 8 nitrogen and oxygen atoms in total. The molecule has 0 spiro atoms. The highest BCUT2D eigenvalue weighted by Gasteiger charge is 2.09. The average molecular weight is 443 g/mol. The van der Waals surface area contributed by atoms with Gasteiger partial charge in [-0.25, -0.2) is 9.59 Å². The number of unbranched alkanes of at least 4 members (excludes halogenated alkanes) is 3. The molecule has 0 heterocycles. The van der Waals surface area contributed by atoms with E-state index in [9.17, 15) is 19.8 Å². The normalized spacial score (nSPS) is 12.4.